The highest BCUT2D eigenvalue weighted by molar-refractivity contribution is 14.0. The minimum atomic E-state index is -0.677. The summed E-state index contributed by atoms with van der Waals surface area (Å²) < 4.78 is 7.68. The maximum atomic E-state index is 10.4. The largest absolute Gasteiger partial charge is 0.389 e. The van der Waals surface area contributed by atoms with E-state index in [0.717, 1.165) is 29.3 Å². The van der Waals surface area contributed by atoms with E-state index >= 15 is 0 Å². The number of hydrogen-bond acceptors (Lipinski definition) is 4. The number of rotatable bonds is 10. The molecule has 0 aliphatic heterocycles. The Morgan fingerprint density at radius 3 is 2.48 bits per heavy atom. The number of halogens is 1. The second kappa shape index (κ2) is 14.0. The highest BCUT2D eigenvalue weighted by Gasteiger charge is 2.12. The van der Waals surface area contributed by atoms with Gasteiger partial charge in [0.2, 0.25) is 0 Å². The number of guanidine groups is 1. The zero-order valence-corrected chi connectivity index (χ0v) is 21.8. The maximum Gasteiger partial charge on any atom is 0.194 e. The lowest BCUT2D eigenvalue weighted by Crippen LogP contribution is -2.39. The third-order valence-corrected chi connectivity index (χ3v) is 5.03. The monoisotopic (exact) mass is 563 g/mol. The van der Waals surface area contributed by atoms with Crippen molar-refractivity contribution in [3.05, 3.63) is 84.2 Å². The Morgan fingerprint density at radius 2 is 1.82 bits per heavy atom. The van der Waals surface area contributed by atoms with Crippen molar-refractivity contribution in [3.8, 4) is 5.69 Å². The predicted molar refractivity (Wildman–Crippen MR) is 143 cm³/mol. The van der Waals surface area contributed by atoms with Crippen molar-refractivity contribution in [2.24, 2.45) is 4.99 Å². The molecule has 33 heavy (non-hydrogen) atoms. The summed E-state index contributed by atoms with van der Waals surface area (Å²) in [5.74, 6) is 0.732. The van der Waals surface area contributed by atoms with Crippen molar-refractivity contribution in [3.63, 3.8) is 0 Å². The van der Waals surface area contributed by atoms with Crippen molar-refractivity contribution in [2.45, 2.75) is 32.6 Å². The lowest BCUT2D eigenvalue weighted by Gasteiger charge is -2.22. The molecule has 1 heterocycles. The molecule has 8 heteroatoms. The van der Waals surface area contributed by atoms with Crippen LogP contribution in [-0.4, -0.2) is 58.6 Å². The first kappa shape index (κ1) is 26.8. The molecule has 2 unspecified atom stereocenters. The lowest BCUT2D eigenvalue weighted by molar-refractivity contribution is 0.00106. The number of para-hydroxylation sites is 1. The zero-order valence-electron chi connectivity index (χ0n) is 19.5. The van der Waals surface area contributed by atoms with Crippen LogP contribution in [0.4, 0.5) is 0 Å². The summed E-state index contributed by atoms with van der Waals surface area (Å²) in [6.45, 7) is 5.89. The van der Waals surface area contributed by atoms with Crippen LogP contribution < -0.4 is 5.32 Å². The van der Waals surface area contributed by atoms with E-state index in [1.54, 1.807) is 0 Å². The maximum absolute atomic E-state index is 10.4. The molecular formula is C25H34IN5O2. The molecule has 0 amide bonds. The molecule has 2 atom stereocenters. The van der Waals surface area contributed by atoms with E-state index in [9.17, 15) is 5.11 Å². The van der Waals surface area contributed by atoms with Crippen molar-refractivity contribution in [1.82, 2.24) is 20.0 Å². The highest BCUT2D eigenvalue weighted by Crippen LogP contribution is 2.16. The number of aliphatic imine (C=N–C) groups is 1. The van der Waals surface area contributed by atoms with Crippen LogP contribution in [-0.2, 0) is 11.3 Å². The number of benzene rings is 2. The fourth-order valence-corrected chi connectivity index (χ4v) is 3.30. The molecule has 0 saturated heterocycles. The van der Waals surface area contributed by atoms with Gasteiger partial charge in [-0.2, -0.15) is 5.10 Å². The molecule has 3 aromatic rings. The van der Waals surface area contributed by atoms with Gasteiger partial charge in [-0.3, -0.25) is 4.99 Å². The zero-order chi connectivity index (χ0) is 22.8. The summed E-state index contributed by atoms with van der Waals surface area (Å²) in [6, 6.07) is 20.0. The standard InChI is InChI=1S/C25H33N5O2.HI/c1-4-26-25(27-16-24(31)19-32-20(2)22-11-7-5-8-12-22)29(3)17-21-15-28-30(18-21)23-13-9-6-10-14-23;/h5-15,18,20,24,31H,4,16-17,19H2,1-3H3,(H,26,27);1H. The van der Waals surface area contributed by atoms with Gasteiger partial charge < -0.3 is 20.1 Å². The van der Waals surface area contributed by atoms with Gasteiger partial charge in [0.15, 0.2) is 5.96 Å². The molecule has 2 aromatic carbocycles. The minimum absolute atomic E-state index is 0. The van der Waals surface area contributed by atoms with Crippen molar-refractivity contribution < 1.29 is 9.84 Å². The molecule has 0 spiro atoms. The Balaban J connectivity index is 0.00000385. The average Bonchev–Trinajstić information content (AvgIpc) is 3.29. The molecule has 0 fully saturated rings. The second-order valence-electron chi connectivity index (χ2n) is 7.72. The molecule has 0 aliphatic rings. The summed E-state index contributed by atoms with van der Waals surface area (Å²) in [6.07, 6.45) is 3.12. The van der Waals surface area contributed by atoms with Crippen molar-refractivity contribution >= 4 is 29.9 Å². The smallest absolute Gasteiger partial charge is 0.194 e. The van der Waals surface area contributed by atoms with Crippen LogP contribution in [0.5, 0.6) is 0 Å². The number of nitrogens with zero attached hydrogens (tertiary/aromatic N) is 4. The van der Waals surface area contributed by atoms with Crippen LogP contribution in [0.3, 0.4) is 0 Å². The summed E-state index contributed by atoms with van der Waals surface area (Å²) in [5, 5.41) is 18.1. The number of aromatic nitrogens is 2. The van der Waals surface area contributed by atoms with Gasteiger partial charge in [0.25, 0.3) is 0 Å². The Hall–Kier alpha value is -2.43. The topological polar surface area (TPSA) is 74.9 Å². The number of hydrogen-bond donors (Lipinski definition) is 2. The molecule has 2 N–H and O–H groups in total. The van der Waals surface area contributed by atoms with Gasteiger partial charge in [0, 0.05) is 31.9 Å². The Kier molecular flexibility index (Phi) is 11.4. The number of aliphatic hydroxyl groups is 1. The van der Waals surface area contributed by atoms with Crippen LogP contribution in [0.15, 0.2) is 78.0 Å². The number of nitrogens with one attached hydrogen (secondary N) is 1. The number of aliphatic hydroxyl groups excluding tert-OH is 1. The van der Waals surface area contributed by atoms with Crippen LogP contribution >= 0.6 is 24.0 Å². The van der Waals surface area contributed by atoms with Crippen LogP contribution in [0.1, 0.15) is 31.1 Å². The van der Waals surface area contributed by atoms with E-state index in [4.69, 9.17) is 4.74 Å². The summed E-state index contributed by atoms with van der Waals surface area (Å²) >= 11 is 0. The van der Waals surface area contributed by atoms with Gasteiger partial charge in [-0.15, -0.1) is 24.0 Å². The van der Waals surface area contributed by atoms with Gasteiger partial charge >= 0.3 is 0 Å². The Bertz CT molecular complexity index is 965. The molecule has 0 radical (unpaired) electrons. The molecular weight excluding hydrogens is 529 g/mol. The third kappa shape index (κ3) is 8.45. The van der Waals surface area contributed by atoms with E-state index in [0.29, 0.717) is 6.54 Å². The first-order chi connectivity index (χ1) is 15.6. The molecule has 178 valence electrons. The molecule has 0 saturated carbocycles. The highest BCUT2D eigenvalue weighted by atomic mass is 127. The molecule has 7 nitrogen and oxygen atoms in total. The Morgan fingerprint density at radius 1 is 1.15 bits per heavy atom. The third-order valence-electron chi connectivity index (χ3n) is 5.03. The van der Waals surface area contributed by atoms with E-state index in [1.165, 1.54) is 0 Å². The van der Waals surface area contributed by atoms with E-state index in [-0.39, 0.29) is 43.2 Å². The van der Waals surface area contributed by atoms with Gasteiger partial charge in [-0.1, -0.05) is 48.5 Å². The first-order valence-electron chi connectivity index (χ1n) is 11.0. The normalized spacial score (nSPS) is 13.2. The van der Waals surface area contributed by atoms with E-state index < -0.39 is 6.10 Å². The van der Waals surface area contributed by atoms with Crippen LogP contribution in [0, 0.1) is 0 Å². The second-order valence-corrected chi connectivity index (χ2v) is 7.72. The fraction of sp³-hybridized carbons (Fsp3) is 0.360. The summed E-state index contributed by atoms with van der Waals surface area (Å²) in [7, 11) is 1.97. The predicted octanol–water partition coefficient (Wildman–Crippen LogP) is 4.03. The minimum Gasteiger partial charge on any atom is -0.389 e. The number of ether oxygens (including phenoxy) is 1. The Labute approximate surface area is 213 Å². The summed E-state index contributed by atoms with van der Waals surface area (Å²) in [4.78, 5) is 6.62. The van der Waals surface area contributed by atoms with Crippen molar-refractivity contribution in [1.29, 1.82) is 0 Å². The molecule has 1 aromatic heterocycles. The lowest BCUT2D eigenvalue weighted by atomic mass is 10.1. The fourth-order valence-electron chi connectivity index (χ4n) is 3.30. The van der Waals surface area contributed by atoms with Crippen LogP contribution in [0.2, 0.25) is 0 Å². The SMILES string of the molecule is CCNC(=NCC(O)COC(C)c1ccccc1)N(C)Cc1cnn(-c2ccccc2)c1.I. The first-order valence-corrected chi connectivity index (χ1v) is 11.0. The molecule has 3 rings (SSSR count). The van der Waals surface area contributed by atoms with E-state index in [1.807, 2.05) is 104 Å². The molecule has 0 aliphatic carbocycles. The average molecular weight is 563 g/mol. The van der Waals surface area contributed by atoms with Gasteiger partial charge in [-0.25, -0.2) is 4.68 Å². The quantitative estimate of drug-likeness (QED) is 0.222. The van der Waals surface area contributed by atoms with Crippen molar-refractivity contribution in [2.75, 3.05) is 26.7 Å². The van der Waals surface area contributed by atoms with E-state index in [2.05, 4.69) is 15.4 Å². The van der Waals surface area contributed by atoms with Crippen LogP contribution in [0.25, 0.3) is 5.69 Å². The van der Waals surface area contributed by atoms with Gasteiger partial charge in [0.05, 0.1) is 37.2 Å². The summed E-state index contributed by atoms with van der Waals surface area (Å²) in [5.41, 5.74) is 3.18. The van der Waals surface area contributed by atoms with Gasteiger partial charge in [0.1, 0.15) is 0 Å². The van der Waals surface area contributed by atoms with Gasteiger partial charge in [-0.05, 0) is 31.5 Å². The molecule has 0 bridgehead atoms.